The van der Waals surface area contributed by atoms with Crippen LogP contribution in [0.15, 0.2) is 18.2 Å². The number of hydrogen-bond donors (Lipinski definition) is 1. The Labute approximate surface area is 124 Å². The van der Waals surface area contributed by atoms with E-state index in [0.717, 1.165) is 5.56 Å². The van der Waals surface area contributed by atoms with Crippen LogP contribution in [0, 0.1) is 5.41 Å². The zero-order valence-corrected chi connectivity index (χ0v) is 13.2. The van der Waals surface area contributed by atoms with Crippen LogP contribution in [0.5, 0.6) is 0 Å². The van der Waals surface area contributed by atoms with Crippen molar-refractivity contribution in [3.63, 3.8) is 0 Å². The molecule has 0 aliphatic rings. The average Bonchev–Trinajstić information content (AvgIpc) is 2.29. The summed E-state index contributed by atoms with van der Waals surface area (Å²) >= 11 is 11.9. The topological polar surface area (TPSA) is 46.3 Å². The fourth-order valence-electron chi connectivity index (χ4n) is 1.59. The van der Waals surface area contributed by atoms with Crippen LogP contribution in [0.1, 0.15) is 26.3 Å². The molecular weight excluding hydrogens is 283 g/mol. The Hall–Kier alpha value is -0.770. The van der Waals surface area contributed by atoms with E-state index in [1.54, 1.807) is 24.1 Å². The van der Waals surface area contributed by atoms with Crippen molar-refractivity contribution in [1.82, 2.24) is 4.90 Å². The molecule has 0 radical (unpaired) electrons. The number of hydrogen-bond acceptors (Lipinski definition) is 2. The molecule has 0 aromatic heterocycles. The van der Waals surface area contributed by atoms with E-state index in [2.05, 4.69) is 0 Å². The average molecular weight is 303 g/mol. The second kappa shape index (κ2) is 6.12. The molecular formula is C14H20Cl2N2O. The maximum Gasteiger partial charge on any atom is 0.240 e. The van der Waals surface area contributed by atoms with Crippen molar-refractivity contribution in [3.05, 3.63) is 33.8 Å². The highest BCUT2D eigenvalue weighted by Crippen LogP contribution is 2.23. The van der Waals surface area contributed by atoms with E-state index < -0.39 is 6.04 Å². The highest BCUT2D eigenvalue weighted by atomic mass is 35.5. The molecule has 0 spiro atoms. The predicted octanol–water partition coefficient (Wildman–Crippen LogP) is 3.33. The largest absolute Gasteiger partial charge is 0.340 e. The van der Waals surface area contributed by atoms with Crippen LogP contribution in [0.25, 0.3) is 0 Å². The smallest absolute Gasteiger partial charge is 0.240 e. The number of halogens is 2. The minimum absolute atomic E-state index is 0.0986. The fraction of sp³-hybridized carbons (Fsp3) is 0.500. The molecule has 0 saturated heterocycles. The number of nitrogens with zero attached hydrogens (tertiary/aromatic N) is 1. The molecule has 1 atom stereocenters. The third kappa shape index (κ3) is 4.37. The molecule has 0 aliphatic carbocycles. The van der Waals surface area contributed by atoms with Gasteiger partial charge in [0.25, 0.3) is 0 Å². The van der Waals surface area contributed by atoms with Crippen molar-refractivity contribution in [2.45, 2.75) is 33.4 Å². The van der Waals surface area contributed by atoms with Crippen molar-refractivity contribution >= 4 is 29.1 Å². The highest BCUT2D eigenvalue weighted by molar-refractivity contribution is 6.35. The maximum atomic E-state index is 12.2. The minimum atomic E-state index is -0.538. The van der Waals surface area contributed by atoms with Crippen molar-refractivity contribution in [1.29, 1.82) is 0 Å². The molecule has 2 N–H and O–H groups in total. The van der Waals surface area contributed by atoms with Gasteiger partial charge in [-0.1, -0.05) is 50.0 Å². The summed E-state index contributed by atoms with van der Waals surface area (Å²) in [5, 5.41) is 1.13. The Bertz CT molecular complexity index is 469. The zero-order valence-electron chi connectivity index (χ0n) is 11.7. The molecule has 0 aliphatic heterocycles. The molecule has 1 unspecified atom stereocenters. The molecule has 1 amide bonds. The van der Waals surface area contributed by atoms with E-state index in [4.69, 9.17) is 28.9 Å². The number of carbonyl (C=O) groups is 1. The monoisotopic (exact) mass is 302 g/mol. The van der Waals surface area contributed by atoms with E-state index in [0.29, 0.717) is 16.6 Å². The van der Waals surface area contributed by atoms with Crippen LogP contribution in [-0.4, -0.2) is 23.9 Å². The number of likely N-dealkylation sites (N-methyl/N-ethyl adjacent to an activating group) is 1. The maximum absolute atomic E-state index is 12.2. The third-order valence-corrected chi connectivity index (χ3v) is 3.58. The van der Waals surface area contributed by atoms with Crippen molar-refractivity contribution < 1.29 is 4.79 Å². The summed E-state index contributed by atoms with van der Waals surface area (Å²) in [5.41, 5.74) is 6.55. The standard InChI is InChI=1S/C14H20Cl2N2O/c1-14(2,3)12(17)13(19)18(4)8-9-5-6-10(15)7-11(9)16/h5-7,12H,8,17H2,1-4H3. The van der Waals surface area contributed by atoms with E-state index >= 15 is 0 Å². The number of carbonyl (C=O) groups excluding carboxylic acids is 1. The van der Waals surface area contributed by atoms with Gasteiger partial charge in [0, 0.05) is 23.6 Å². The van der Waals surface area contributed by atoms with E-state index in [-0.39, 0.29) is 11.3 Å². The summed E-state index contributed by atoms with van der Waals surface area (Å²) in [7, 11) is 1.72. The second-order valence-corrected chi connectivity index (χ2v) is 6.62. The van der Waals surface area contributed by atoms with Crippen molar-refractivity contribution in [2.75, 3.05) is 7.05 Å². The van der Waals surface area contributed by atoms with Crippen LogP contribution >= 0.6 is 23.2 Å². The fourth-order valence-corrected chi connectivity index (χ4v) is 2.06. The van der Waals surface area contributed by atoms with Crippen LogP contribution in [0.3, 0.4) is 0 Å². The van der Waals surface area contributed by atoms with Gasteiger partial charge in [-0.15, -0.1) is 0 Å². The predicted molar refractivity (Wildman–Crippen MR) is 80.4 cm³/mol. The van der Waals surface area contributed by atoms with Gasteiger partial charge in [0.1, 0.15) is 0 Å². The van der Waals surface area contributed by atoms with Gasteiger partial charge >= 0.3 is 0 Å². The second-order valence-electron chi connectivity index (χ2n) is 5.77. The molecule has 0 fully saturated rings. The van der Waals surface area contributed by atoms with Gasteiger partial charge < -0.3 is 10.6 Å². The molecule has 1 rings (SSSR count). The molecule has 1 aromatic carbocycles. The van der Waals surface area contributed by atoms with Crippen molar-refractivity contribution in [2.24, 2.45) is 11.1 Å². The molecule has 1 aromatic rings. The van der Waals surface area contributed by atoms with E-state index in [9.17, 15) is 4.79 Å². The van der Waals surface area contributed by atoms with Crippen LogP contribution in [-0.2, 0) is 11.3 Å². The highest BCUT2D eigenvalue weighted by Gasteiger charge is 2.29. The third-order valence-electron chi connectivity index (χ3n) is 3.00. The molecule has 19 heavy (non-hydrogen) atoms. The molecule has 3 nitrogen and oxygen atoms in total. The van der Waals surface area contributed by atoms with Crippen LogP contribution in [0.4, 0.5) is 0 Å². The van der Waals surface area contributed by atoms with Crippen LogP contribution < -0.4 is 5.73 Å². The van der Waals surface area contributed by atoms with Crippen LogP contribution in [0.2, 0.25) is 10.0 Å². The van der Waals surface area contributed by atoms with Gasteiger partial charge in [0.05, 0.1) is 6.04 Å². The first-order chi connectivity index (χ1) is 8.62. The summed E-state index contributed by atoms with van der Waals surface area (Å²) in [5.74, 6) is -0.0986. The minimum Gasteiger partial charge on any atom is -0.340 e. The first-order valence-electron chi connectivity index (χ1n) is 6.07. The lowest BCUT2D eigenvalue weighted by atomic mass is 9.86. The van der Waals surface area contributed by atoms with Crippen molar-refractivity contribution in [3.8, 4) is 0 Å². The number of nitrogens with two attached hydrogens (primary N) is 1. The van der Waals surface area contributed by atoms with Gasteiger partial charge in [-0.2, -0.15) is 0 Å². The Balaban J connectivity index is 2.79. The summed E-state index contributed by atoms with van der Waals surface area (Å²) in [6.07, 6.45) is 0. The van der Waals surface area contributed by atoms with Gasteiger partial charge in [-0.3, -0.25) is 4.79 Å². The normalized spacial score (nSPS) is 13.2. The molecule has 0 bridgehead atoms. The van der Waals surface area contributed by atoms with Gasteiger partial charge in [-0.05, 0) is 23.1 Å². The lowest BCUT2D eigenvalue weighted by Gasteiger charge is -2.30. The Kier molecular flexibility index (Phi) is 5.25. The van der Waals surface area contributed by atoms with Gasteiger partial charge in [-0.25, -0.2) is 0 Å². The Morgan fingerprint density at radius 3 is 2.42 bits per heavy atom. The SMILES string of the molecule is CN(Cc1ccc(Cl)cc1Cl)C(=O)C(N)C(C)(C)C. The molecule has 5 heteroatoms. The van der Waals surface area contributed by atoms with Gasteiger partial charge in [0.15, 0.2) is 0 Å². The quantitative estimate of drug-likeness (QED) is 0.931. The molecule has 106 valence electrons. The van der Waals surface area contributed by atoms with Gasteiger partial charge in [0.2, 0.25) is 5.91 Å². The first kappa shape index (κ1) is 16.3. The molecule has 0 saturated carbocycles. The first-order valence-corrected chi connectivity index (χ1v) is 6.83. The lowest BCUT2D eigenvalue weighted by Crippen LogP contribution is -2.48. The van der Waals surface area contributed by atoms with E-state index in [1.165, 1.54) is 0 Å². The Morgan fingerprint density at radius 1 is 1.37 bits per heavy atom. The zero-order chi connectivity index (χ0) is 14.8. The summed E-state index contributed by atoms with van der Waals surface area (Å²) in [6, 6.07) is 4.70. The number of rotatable bonds is 3. The summed E-state index contributed by atoms with van der Waals surface area (Å²) in [4.78, 5) is 13.8. The molecule has 0 heterocycles. The number of amides is 1. The Morgan fingerprint density at radius 2 is 1.95 bits per heavy atom. The van der Waals surface area contributed by atoms with E-state index in [1.807, 2.05) is 26.8 Å². The lowest BCUT2D eigenvalue weighted by molar-refractivity contribution is -0.134. The summed E-state index contributed by atoms with van der Waals surface area (Å²) in [6.45, 7) is 6.24. The summed E-state index contributed by atoms with van der Waals surface area (Å²) < 4.78 is 0. The number of benzene rings is 1.